The molecule has 1 aliphatic heterocycles. The van der Waals surface area contributed by atoms with E-state index < -0.39 is 0 Å². The lowest BCUT2D eigenvalue weighted by Crippen LogP contribution is -2.49. The highest BCUT2D eigenvalue weighted by Crippen LogP contribution is 2.25. The number of aryl methyl sites for hydroxylation is 2. The molecule has 0 unspecified atom stereocenters. The summed E-state index contributed by atoms with van der Waals surface area (Å²) in [6.45, 7) is 7.17. The average molecular weight is 380 g/mol. The maximum atomic E-state index is 12.7. The van der Waals surface area contributed by atoms with Crippen molar-refractivity contribution in [2.24, 2.45) is 0 Å². The second-order valence-electron chi connectivity index (χ2n) is 7.05. The Hall–Kier alpha value is -2.59. The number of hydrogen-bond donors (Lipinski definition) is 0. The molecule has 1 amide bonds. The first-order valence-electron chi connectivity index (χ1n) is 9.20. The molecule has 27 heavy (non-hydrogen) atoms. The molecule has 4 rings (SSSR count). The average Bonchev–Trinajstić information content (AvgIpc) is 2.69. The van der Waals surface area contributed by atoms with E-state index in [1.165, 1.54) is 16.5 Å². The van der Waals surface area contributed by atoms with Crippen molar-refractivity contribution < 1.29 is 4.79 Å². The van der Waals surface area contributed by atoms with E-state index in [1.807, 2.05) is 4.90 Å². The van der Waals surface area contributed by atoms with Gasteiger partial charge in [0.05, 0.1) is 5.52 Å². The topological polar surface area (TPSA) is 36.4 Å². The lowest BCUT2D eigenvalue weighted by molar-refractivity contribution is 0.0746. The summed E-state index contributed by atoms with van der Waals surface area (Å²) >= 11 is 5.92. The van der Waals surface area contributed by atoms with E-state index in [0.29, 0.717) is 23.7 Å². The Kier molecular flexibility index (Phi) is 4.75. The molecule has 0 bridgehead atoms. The van der Waals surface area contributed by atoms with Gasteiger partial charge in [-0.1, -0.05) is 29.8 Å². The molecule has 0 aliphatic carbocycles. The predicted octanol–water partition coefficient (Wildman–Crippen LogP) is 4.47. The number of fused-ring (bicyclic) bond motifs is 1. The number of pyridine rings is 1. The lowest BCUT2D eigenvalue weighted by atomic mass is 10.1. The Morgan fingerprint density at radius 1 is 0.963 bits per heavy atom. The van der Waals surface area contributed by atoms with Crippen molar-refractivity contribution in [3.05, 3.63) is 70.2 Å². The summed E-state index contributed by atoms with van der Waals surface area (Å²) in [5.41, 5.74) is 4.17. The number of benzene rings is 2. The van der Waals surface area contributed by atoms with Crippen molar-refractivity contribution in [3.63, 3.8) is 0 Å². The Bertz CT molecular complexity index is 992. The van der Waals surface area contributed by atoms with Crippen molar-refractivity contribution in [2.75, 3.05) is 31.1 Å². The van der Waals surface area contributed by atoms with Gasteiger partial charge in [0.15, 0.2) is 0 Å². The molecule has 4 nitrogen and oxygen atoms in total. The van der Waals surface area contributed by atoms with Crippen molar-refractivity contribution in [2.45, 2.75) is 13.8 Å². The SMILES string of the molecule is Cc1cc(N2CCN(C(=O)c3ccc(Cl)cc3)CC2)nc2c(C)cccc12. The van der Waals surface area contributed by atoms with Gasteiger partial charge >= 0.3 is 0 Å². The second-order valence-corrected chi connectivity index (χ2v) is 7.49. The van der Waals surface area contributed by atoms with Crippen LogP contribution in [0.2, 0.25) is 5.02 Å². The van der Waals surface area contributed by atoms with Crippen LogP contribution in [0.5, 0.6) is 0 Å². The van der Waals surface area contributed by atoms with Crippen molar-refractivity contribution in [1.29, 1.82) is 0 Å². The van der Waals surface area contributed by atoms with Crippen LogP contribution in [0.4, 0.5) is 5.82 Å². The molecular weight excluding hydrogens is 358 g/mol. The quantitative estimate of drug-likeness (QED) is 0.659. The fraction of sp³-hybridized carbons (Fsp3) is 0.273. The van der Waals surface area contributed by atoms with E-state index >= 15 is 0 Å². The zero-order valence-corrected chi connectivity index (χ0v) is 16.3. The molecule has 2 aromatic carbocycles. The Balaban J connectivity index is 1.51. The smallest absolute Gasteiger partial charge is 0.253 e. The number of aromatic nitrogens is 1. The monoisotopic (exact) mass is 379 g/mol. The molecule has 1 aliphatic rings. The maximum absolute atomic E-state index is 12.7. The number of hydrogen-bond acceptors (Lipinski definition) is 3. The van der Waals surface area contributed by atoms with Gasteiger partial charge in [-0.2, -0.15) is 0 Å². The summed E-state index contributed by atoms with van der Waals surface area (Å²) < 4.78 is 0. The van der Waals surface area contributed by atoms with Gasteiger partial charge in [-0.05, 0) is 55.3 Å². The highest BCUT2D eigenvalue weighted by Gasteiger charge is 2.23. The molecule has 0 N–H and O–H groups in total. The van der Waals surface area contributed by atoms with E-state index in [1.54, 1.807) is 24.3 Å². The van der Waals surface area contributed by atoms with Crippen molar-refractivity contribution >= 4 is 34.2 Å². The Morgan fingerprint density at radius 2 is 1.67 bits per heavy atom. The first-order chi connectivity index (χ1) is 13.0. The summed E-state index contributed by atoms with van der Waals surface area (Å²) in [5, 5.41) is 1.85. The molecule has 1 aromatic heterocycles. The first kappa shape index (κ1) is 17.8. The predicted molar refractivity (Wildman–Crippen MR) is 111 cm³/mol. The van der Waals surface area contributed by atoms with E-state index in [9.17, 15) is 4.79 Å². The highest BCUT2D eigenvalue weighted by atomic mass is 35.5. The third-order valence-corrected chi connectivity index (χ3v) is 5.47. The fourth-order valence-electron chi connectivity index (χ4n) is 3.62. The minimum Gasteiger partial charge on any atom is -0.353 e. The molecule has 138 valence electrons. The van der Waals surface area contributed by atoms with E-state index in [0.717, 1.165) is 24.4 Å². The molecule has 1 fully saturated rings. The van der Waals surface area contributed by atoms with Gasteiger partial charge in [-0.3, -0.25) is 4.79 Å². The third kappa shape index (κ3) is 3.50. The summed E-state index contributed by atoms with van der Waals surface area (Å²) in [6, 6.07) is 15.5. The van der Waals surface area contributed by atoms with Crippen LogP contribution in [0.1, 0.15) is 21.5 Å². The van der Waals surface area contributed by atoms with E-state index in [2.05, 4.69) is 43.0 Å². The number of nitrogens with zero attached hydrogens (tertiary/aromatic N) is 3. The van der Waals surface area contributed by atoms with Crippen LogP contribution in [0.25, 0.3) is 10.9 Å². The number of amides is 1. The van der Waals surface area contributed by atoms with Gasteiger partial charge in [-0.25, -0.2) is 4.98 Å². The molecule has 1 saturated heterocycles. The molecule has 3 aromatic rings. The van der Waals surface area contributed by atoms with Gasteiger partial charge in [0.25, 0.3) is 5.91 Å². The van der Waals surface area contributed by atoms with Gasteiger partial charge in [0, 0.05) is 42.2 Å². The molecule has 0 radical (unpaired) electrons. The van der Waals surface area contributed by atoms with Crippen LogP contribution >= 0.6 is 11.6 Å². The molecule has 2 heterocycles. The van der Waals surface area contributed by atoms with Gasteiger partial charge < -0.3 is 9.80 Å². The zero-order valence-electron chi connectivity index (χ0n) is 15.6. The molecule has 0 spiro atoms. The van der Waals surface area contributed by atoms with Crippen LogP contribution in [-0.4, -0.2) is 42.0 Å². The largest absolute Gasteiger partial charge is 0.353 e. The number of carbonyl (C=O) groups is 1. The second kappa shape index (κ2) is 7.20. The molecule has 5 heteroatoms. The number of piperazine rings is 1. The minimum absolute atomic E-state index is 0.0600. The summed E-state index contributed by atoms with van der Waals surface area (Å²) in [7, 11) is 0. The summed E-state index contributed by atoms with van der Waals surface area (Å²) in [6.07, 6.45) is 0. The van der Waals surface area contributed by atoms with Crippen LogP contribution < -0.4 is 4.90 Å². The fourth-order valence-corrected chi connectivity index (χ4v) is 3.75. The Morgan fingerprint density at radius 3 is 2.37 bits per heavy atom. The highest BCUT2D eigenvalue weighted by molar-refractivity contribution is 6.30. The molecule has 0 atom stereocenters. The zero-order chi connectivity index (χ0) is 19.0. The van der Waals surface area contributed by atoms with Gasteiger partial charge in [0.2, 0.25) is 0 Å². The summed E-state index contributed by atoms with van der Waals surface area (Å²) in [4.78, 5) is 21.8. The third-order valence-electron chi connectivity index (χ3n) is 5.22. The van der Waals surface area contributed by atoms with Crippen molar-refractivity contribution in [3.8, 4) is 0 Å². The number of carbonyl (C=O) groups excluding carboxylic acids is 1. The Labute approximate surface area is 164 Å². The number of halogens is 1. The number of para-hydroxylation sites is 1. The lowest BCUT2D eigenvalue weighted by Gasteiger charge is -2.35. The van der Waals surface area contributed by atoms with Crippen LogP contribution in [0.3, 0.4) is 0 Å². The van der Waals surface area contributed by atoms with Crippen LogP contribution in [-0.2, 0) is 0 Å². The van der Waals surface area contributed by atoms with Gasteiger partial charge in [0.1, 0.15) is 5.82 Å². The number of anilines is 1. The van der Waals surface area contributed by atoms with Crippen LogP contribution in [0.15, 0.2) is 48.5 Å². The normalized spacial score (nSPS) is 14.6. The van der Waals surface area contributed by atoms with Gasteiger partial charge in [-0.15, -0.1) is 0 Å². The van der Waals surface area contributed by atoms with E-state index in [4.69, 9.17) is 16.6 Å². The first-order valence-corrected chi connectivity index (χ1v) is 9.57. The van der Waals surface area contributed by atoms with Crippen molar-refractivity contribution in [1.82, 2.24) is 9.88 Å². The van der Waals surface area contributed by atoms with Crippen LogP contribution in [0, 0.1) is 13.8 Å². The minimum atomic E-state index is 0.0600. The van der Waals surface area contributed by atoms with E-state index in [-0.39, 0.29) is 5.91 Å². The number of rotatable bonds is 2. The molecule has 0 saturated carbocycles. The molecular formula is C22H22ClN3O. The summed E-state index contributed by atoms with van der Waals surface area (Å²) in [5.74, 6) is 1.05. The standard InChI is InChI=1S/C22H22ClN3O/c1-15-4-3-5-19-16(2)14-20(24-21(15)19)25-10-12-26(13-11-25)22(27)17-6-8-18(23)9-7-17/h3-9,14H,10-13H2,1-2H3. The maximum Gasteiger partial charge on any atom is 0.253 e.